The first-order chi connectivity index (χ1) is 5.85. The lowest BCUT2D eigenvalue weighted by atomic mass is 10.3. The Morgan fingerprint density at radius 1 is 1.46 bits per heavy atom. The van der Waals surface area contributed by atoms with E-state index in [0.717, 1.165) is 0 Å². The van der Waals surface area contributed by atoms with Crippen LogP contribution >= 0.6 is 0 Å². The molecule has 0 spiro atoms. The topological polar surface area (TPSA) is 37.4 Å². The molecule has 0 aliphatic heterocycles. The number of sulfonamides is 1. The molecule has 0 radical (unpaired) electrons. The van der Waals surface area contributed by atoms with Crippen LogP contribution in [0.3, 0.4) is 0 Å². The van der Waals surface area contributed by atoms with Gasteiger partial charge in [-0.1, -0.05) is 6.92 Å². The van der Waals surface area contributed by atoms with Gasteiger partial charge in [0, 0.05) is 13.6 Å². The van der Waals surface area contributed by atoms with Crippen molar-refractivity contribution in [2.45, 2.75) is 32.4 Å². The van der Waals surface area contributed by atoms with Gasteiger partial charge in [0.25, 0.3) is 0 Å². The third-order valence-corrected chi connectivity index (χ3v) is 5.01. The molecule has 13 heavy (non-hydrogen) atoms. The predicted octanol–water partition coefficient (Wildman–Crippen LogP) is 1.31. The van der Waals surface area contributed by atoms with E-state index in [-0.39, 0.29) is 5.25 Å². The summed E-state index contributed by atoms with van der Waals surface area (Å²) in [5.41, 5.74) is 0. The summed E-state index contributed by atoms with van der Waals surface area (Å²) in [5, 5.41) is -0.299. The zero-order valence-corrected chi connectivity index (χ0v) is 9.63. The molecule has 4 heteroatoms. The van der Waals surface area contributed by atoms with Crippen molar-refractivity contribution in [1.82, 2.24) is 4.31 Å². The van der Waals surface area contributed by atoms with Crippen molar-refractivity contribution < 1.29 is 8.42 Å². The monoisotopic (exact) mass is 205 g/mol. The van der Waals surface area contributed by atoms with Crippen LogP contribution in [0.25, 0.3) is 0 Å². The van der Waals surface area contributed by atoms with Gasteiger partial charge in [-0.2, -0.15) is 0 Å². The van der Waals surface area contributed by atoms with Gasteiger partial charge in [0.1, 0.15) is 0 Å². The van der Waals surface area contributed by atoms with Gasteiger partial charge in [-0.3, -0.25) is 0 Å². The van der Waals surface area contributed by atoms with Crippen LogP contribution in [-0.2, 0) is 10.0 Å². The minimum absolute atomic E-state index is 0.299. The molecule has 0 heterocycles. The van der Waals surface area contributed by atoms with Gasteiger partial charge in [-0.25, -0.2) is 12.7 Å². The van der Waals surface area contributed by atoms with Gasteiger partial charge < -0.3 is 0 Å². The number of hydrogen-bond donors (Lipinski definition) is 0. The van der Waals surface area contributed by atoms with Crippen LogP contribution in [-0.4, -0.2) is 31.6 Å². The zero-order chi connectivity index (χ0) is 10.2. The Hall–Kier alpha value is -0.0900. The van der Waals surface area contributed by atoms with Gasteiger partial charge in [-0.15, -0.1) is 0 Å². The molecule has 0 bridgehead atoms. The van der Waals surface area contributed by atoms with E-state index in [1.165, 1.54) is 10.7 Å². The average Bonchev–Trinajstić information content (AvgIpc) is 2.65. The summed E-state index contributed by atoms with van der Waals surface area (Å²) >= 11 is 0. The molecule has 1 aliphatic rings. The Morgan fingerprint density at radius 3 is 2.23 bits per heavy atom. The average molecular weight is 205 g/mol. The van der Waals surface area contributed by atoms with E-state index in [2.05, 4.69) is 6.92 Å². The van der Waals surface area contributed by atoms with Crippen LogP contribution in [0.1, 0.15) is 27.2 Å². The first-order valence-corrected chi connectivity index (χ1v) is 6.31. The van der Waals surface area contributed by atoms with E-state index in [1.807, 2.05) is 0 Å². The van der Waals surface area contributed by atoms with Gasteiger partial charge in [-0.05, 0) is 32.1 Å². The molecule has 0 aromatic heterocycles. The summed E-state index contributed by atoms with van der Waals surface area (Å²) in [4.78, 5) is 0. The lowest BCUT2D eigenvalue weighted by Crippen LogP contribution is -2.34. The van der Waals surface area contributed by atoms with Crippen molar-refractivity contribution in [3.8, 4) is 0 Å². The highest BCUT2D eigenvalue weighted by Crippen LogP contribution is 2.38. The SMILES string of the molecule is CC1CC1CN(C)S(=O)(=O)C(C)C. The lowest BCUT2D eigenvalue weighted by molar-refractivity contribution is 0.439. The highest BCUT2D eigenvalue weighted by molar-refractivity contribution is 7.89. The lowest BCUT2D eigenvalue weighted by Gasteiger charge is -2.19. The molecule has 0 amide bonds. The Bertz CT molecular complexity index is 271. The van der Waals surface area contributed by atoms with Crippen LogP contribution in [0.2, 0.25) is 0 Å². The highest BCUT2D eigenvalue weighted by atomic mass is 32.2. The van der Waals surface area contributed by atoms with E-state index in [0.29, 0.717) is 18.4 Å². The molecule has 0 aromatic rings. The molecule has 0 saturated heterocycles. The molecule has 1 saturated carbocycles. The molecule has 1 aliphatic carbocycles. The van der Waals surface area contributed by atoms with Gasteiger partial charge >= 0.3 is 0 Å². The Morgan fingerprint density at radius 2 is 1.92 bits per heavy atom. The van der Waals surface area contributed by atoms with Crippen LogP contribution in [0, 0.1) is 11.8 Å². The summed E-state index contributed by atoms with van der Waals surface area (Å²) < 4.78 is 24.8. The molecular formula is C9H19NO2S. The van der Waals surface area contributed by atoms with E-state index in [9.17, 15) is 8.42 Å². The summed E-state index contributed by atoms with van der Waals surface area (Å²) in [6, 6.07) is 0. The maximum absolute atomic E-state index is 11.6. The van der Waals surface area contributed by atoms with Crippen LogP contribution in [0.15, 0.2) is 0 Å². The minimum Gasteiger partial charge on any atom is -0.212 e. The van der Waals surface area contributed by atoms with E-state index in [4.69, 9.17) is 0 Å². The van der Waals surface area contributed by atoms with Crippen molar-refractivity contribution in [2.24, 2.45) is 11.8 Å². The third kappa shape index (κ3) is 2.44. The molecule has 0 N–H and O–H groups in total. The molecule has 2 atom stereocenters. The largest absolute Gasteiger partial charge is 0.216 e. The minimum atomic E-state index is -3.02. The second kappa shape index (κ2) is 3.58. The zero-order valence-electron chi connectivity index (χ0n) is 8.82. The fourth-order valence-corrected chi connectivity index (χ4v) is 2.57. The van der Waals surface area contributed by atoms with Crippen molar-refractivity contribution in [3.63, 3.8) is 0 Å². The van der Waals surface area contributed by atoms with Crippen LogP contribution < -0.4 is 0 Å². The third-order valence-electron chi connectivity index (χ3n) is 2.80. The molecule has 1 fully saturated rings. The smallest absolute Gasteiger partial charge is 0.212 e. The summed E-state index contributed by atoms with van der Waals surface area (Å²) in [6.45, 7) is 6.31. The number of hydrogen-bond acceptors (Lipinski definition) is 2. The molecule has 1 rings (SSSR count). The molecule has 78 valence electrons. The second-order valence-electron chi connectivity index (χ2n) is 4.35. The normalized spacial score (nSPS) is 28.5. The van der Waals surface area contributed by atoms with Crippen LogP contribution in [0.5, 0.6) is 0 Å². The standard InChI is InChI=1S/C9H19NO2S/c1-7(2)13(11,12)10(4)6-9-5-8(9)3/h7-9H,5-6H2,1-4H3. The quantitative estimate of drug-likeness (QED) is 0.694. The Kier molecular flexibility index (Phi) is 3.02. The highest BCUT2D eigenvalue weighted by Gasteiger charge is 2.36. The van der Waals surface area contributed by atoms with E-state index >= 15 is 0 Å². The first-order valence-electron chi connectivity index (χ1n) is 4.81. The maximum Gasteiger partial charge on any atom is 0.216 e. The fourth-order valence-electron chi connectivity index (χ4n) is 1.45. The van der Waals surface area contributed by atoms with Gasteiger partial charge in [0.05, 0.1) is 5.25 Å². The van der Waals surface area contributed by atoms with Crippen molar-refractivity contribution in [3.05, 3.63) is 0 Å². The van der Waals surface area contributed by atoms with Gasteiger partial charge in [0.15, 0.2) is 0 Å². The Labute approximate surface area is 81.2 Å². The summed E-state index contributed by atoms with van der Waals surface area (Å²) in [7, 11) is -1.34. The summed E-state index contributed by atoms with van der Waals surface area (Å²) in [6.07, 6.45) is 1.18. The summed E-state index contributed by atoms with van der Waals surface area (Å²) in [5.74, 6) is 1.31. The number of rotatable bonds is 4. The van der Waals surface area contributed by atoms with Crippen molar-refractivity contribution in [1.29, 1.82) is 0 Å². The molecule has 3 nitrogen and oxygen atoms in total. The number of nitrogens with zero attached hydrogens (tertiary/aromatic N) is 1. The van der Waals surface area contributed by atoms with Crippen molar-refractivity contribution >= 4 is 10.0 Å². The molecule has 2 unspecified atom stereocenters. The molecular weight excluding hydrogens is 186 g/mol. The van der Waals surface area contributed by atoms with E-state index in [1.54, 1.807) is 20.9 Å². The fraction of sp³-hybridized carbons (Fsp3) is 1.00. The predicted molar refractivity (Wildman–Crippen MR) is 54.0 cm³/mol. The second-order valence-corrected chi connectivity index (χ2v) is 6.94. The maximum atomic E-state index is 11.6. The van der Waals surface area contributed by atoms with Gasteiger partial charge in [0.2, 0.25) is 10.0 Å². The molecule has 0 aromatic carbocycles. The Balaban J connectivity index is 2.52. The van der Waals surface area contributed by atoms with Crippen LogP contribution in [0.4, 0.5) is 0 Å². The van der Waals surface area contributed by atoms with Crippen molar-refractivity contribution in [2.75, 3.05) is 13.6 Å². The van der Waals surface area contributed by atoms with E-state index < -0.39 is 10.0 Å². The first kappa shape index (κ1) is 11.0.